The standard InChI is InChI=1S/C26H22N4O5S/c1-33-17-7-8-18(23(12-17)34-2)28-24(31)13-30-21-11-16(6-9-22(21)35-14-25(30)32)20-15-36-26(29-20)19-5-3-4-10-27-19/h3-12,15H,13-14H2,1-2H3,(H,28,31). The number of thiazole rings is 1. The van der Waals surface area contributed by atoms with Gasteiger partial charge < -0.3 is 19.5 Å². The van der Waals surface area contributed by atoms with Crippen molar-refractivity contribution in [2.45, 2.75) is 0 Å². The van der Waals surface area contributed by atoms with Crippen molar-refractivity contribution >= 4 is 34.5 Å². The average Bonchev–Trinajstić information content (AvgIpc) is 3.41. The number of anilines is 2. The number of hydrogen-bond acceptors (Lipinski definition) is 8. The number of methoxy groups -OCH3 is 2. The molecule has 4 aromatic rings. The smallest absolute Gasteiger partial charge is 0.265 e. The van der Waals surface area contributed by atoms with Gasteiger partial charge in [-0.25, -0.2) is 4.98 Å². The van der Waals surface area contributed by atoms with Gasteiger partial charge in [-0.1, -0.05) is 6.07 Å². The molecule has 5 rings (SSSR count). The molecule has 2 amide bonds. The number of carbonyl (C=O) groups is 2. The summed E-state index contributed by atoms with van der Waals surface area (Å²) in [5.74, 6) is 0.877. The summed E-state index contributed by atoms with van der Waals surface area (Å²) in [4.78, 5) is 36.1. The average molecular weight is 503 g/mol. The molecule has 1 aliphatic heterocycles. The number of carbonyl (C=O) groups excluding carboxylic acids is 2. The lowest BCUT2D eigenvalue weighted by molar-refractivity contribution is -0.123. The summed E-state index contributed by atoms with van der Waals surface area (Å²) in [6.07, 6.45) is 1.72. The Balaban J connectivity index is 1.39. The van der Waals surface area contributed by atoms with Crippen LogP contribution in [0.15, 0.2) is 66.2 Å². The highest BCUT2D eigenvalue weighted by atomic mass is 32.1. The molecule has 0 fully saturated rings. The molecule has 36 heavy (non-hydrogen) atoms. The predicted molar refractivity (Wildman–Crippen MR) is 137 cm³/mol. The first-order chi connectivity index (χ1) is 17.6. The summed E-state index contributed by atoms with van der Waals surface area (Å²) in [5, 5.41) is 5.53. The molecule has 1 aliphatic rings. The molecule has 0 spiro atoms. The highest BCUT2D eigenvalue weighted by molar-refractivity contribution is 7.13. The SMILES string of the molecule is COc1ccc(NC(=O)CN2C(=O)COc3ccc(-c4csc(-c5ccccn5)n4)cc32)c(OC)c1. The Bertz CT molecular complexity index is 1420. The van der Waals surface area contributed by atoms with Gasteiger partial charge in [0.15, 0.2) is 6.61 Å². The van der Waals surface area contributed by atoms with Gasteiger partial charge in [-0.2, -0.15) is 0 Å². The van der Waals surface area contributed by atoms with Crippen molar-refractivity contribution in [1.82, 2.24) is 9.97 Å². The van der Waals surface area contributed by atoms with E-state index in [2.05, 4.69) is 10.3 Å². The van der Waals surface area contributed by atoms with E-state index in [1.165, 1.54) is 23.3 Å². The third-order valence-corrected chi connectivity index (χ3v) is 6.44. The monoisotopic (exact) mass is 502 g/mol. The molecule has 3 heterocycles. The Morgan fingerprint density at radius 2 is 2.00 bits per heavy atom. The van der Waals surface area contributed by atoms with E-state index in [4.69, 9.17) is 19.2 Å². The number of benzene rings is 2. The molecule has 10 heteroatoms. The van der Waals surface area contributed by atoms with Gasteiger partial charge in [-0.15, -0.1) is 11.3 Å². The maximum Gasteiger partial charge on any atom is 0.265 e. The van der Waals surface area contributed by atoms with E-state index in [1.807, 2.05) is 35.7 Å². The lowest BCUT2D eigenvalue weighted by Gasteiger charge is -2.29. The molecule has 2 aromatic carbocycles. The van der Waals surface area contributed by atoms with E-state index < -0.39 is 0 Å². The molecule has 0 aliphatic carbocycles. The van der Waals surface area contributed by atoms with Crippen LogP contribution in [-0.4, -0.2) is 49.2 Å². The Labute approximate surface area is 211 Å². The van der Waals surface area contributed by atoms with Crippen LogP contribution in [0.1, 0.15) is 0 Å². The maximum absolute atomic E-state index is 12.9. The fourth-order valence-electron chi connectivity index (χ4n) is 3.78. The quantitative estimate of drug-likeness (QED) is 0.403. The number of ether oxygens (including phenoxy) is 3. The fraction of sp³-hybridized carbons (Fsp3) is 0.154. The zero-order valence-electron chi connectivity index (χ0n) is 19.6. The third-order valence-electron chi connectivity index (χ3n) is 5.57. The molecule has 9 nitrogen and oxygen atoms in total. The van der Waals surface area contributed by atoms with Crippen LogP contribution >= 0.6 is 11.3 Å². The van der Waals surface area contributed by atoms with Crippen molar-refractivity contribution in [3.8, 4) is 39.2 Å². The number of aromatic nitrogens is 2. The minimum absolute atomic E-state index is 0.147. The maximum atomic E-state index is 12.9. The molecule has 0 unspecified atom stereocenters. The van der Waals surface area contributed by atoms with Crippen molar-refractivity contribution in [3.63, 3.8) is 0 Å². The molecule has 2 aromatic heterocycles. The molecule has 0 saturated carbocycles. The van der Waals surface area contributed by atoms with Crippen molar-refractivity contribution < 1.29 is 23.8 Å². The number of nitrogens with one attached hydrogen (secondary N) is 1. The summed E-state index contributed by atoms with van der Waals surface area (Å²) in [6.45, 7) is -0.337. The van der Waals surface area contributed by atoms with Gasteiger partial charge >= 0.3 is 0 Å². The van der Waals surface area contributed by atoms with Crippen LogP contribution in [-0.2, 0) is 9.59 Å². The summed E-state index contributed by atoms with van der Waals surface area (Å²) >= 11 is 1.48. The van der Waals surface area contributed by atoms with E-state index in [0.29, 0.717) is 28.6 Å². The van der Waals surface area contributed by atoms with Crippen molar-refractivity contribution in [1.29, 1.82) is 0 Å². The summed E-state index contributed by atoms with van der Waals surface area (Å²) in [6, 6.07) is 16.2. The Morgan fingerprint density at radius 3 is 2.78 bits per heavy atom. The number of nitrogens with zero attached hydrogens (tertiary/aromatic N) is 3. The third kappa shape index (κ3) is 4.71. The first kappa shape index (κ1) is 23.3. The largest absolute Gasteiger partial charge is 0.497 e. The van der Waals surface area contributed by atoms with Crippen LogP contribution in [0, 0.1) is 0 Å². The van der Waals surface area contributed by atoms with Gasteiger partial charge in [0.1, 0.15) is 28.8 Å². The highest BCUT2D eigenvalue weighted by Crippen LogP contribution is 2.37. The Morgan fingerprint density at radius 1 is 1.11 bits per heavy atom. The minimum Gasteiger partial charge on any atom is -0.497 e. The van der Waals surface area contributed by atoms with E-state index >= 15 is 0 Å². The van der Waals surface area contributed by atoms with Crippen molar-refractivity contribution in [3.05, 3.63) is 66.2 Å². The number of hydrogen-bond donors (Lipinski definition) is 1. The van der Waals surface area contributed by atoms with Gasteiger partial charge in [-0.05, 0) is 42.5 Å². The summed E-state index contributed by atoms with van der Waals surface area (Å²) in [7, 11) is 3.05. The molecule has 0 atom stereocenters. The molecular weight excluding hydrogens is 480 g/mol. The zero-order valence-corrected chi connectivity index (χ0v) is 20.4. The van der Waals surface area contributed by atoms with Crippen molar-refractivity contribution in [2.24, 2.45) is 0 Å². The molecule has 182 valence electrons. The zero-order chi connectivity index (χ0) is 25.1. The number of amides is 2. The van der Waals surface area contributed by atoms with Gasteiger partial charge in [0.2, 0.25) is 5.91 Å². The van der Waals surface area contributed by atoms with Crippen LogP contribution in [0.4, 0.5) is 11.4 Å². The van der Waals surface area contributed by atoms with E-state index in [-0.39, 0.29) is 25.0 Å². The fourth-order valence-corrected chi connectivity index (χ4v) is 4.59. The summed E-state index contributed by atoms with van der Waals surface area (Å²) in [5.41, 5.74) is 3.31. The lowest BCUT2D eigenvalue weighted by atomic mass is 10.1. The normalized spacial score (nSPS) is 12.5. The van der Waals surface area contributed by atoms with Crippen LogP contribution in [0.5, 0.6) is 17.2 Å². The first-order valence-corrected chi connectivity index (χ1v) is 11.9. The molecule has 0 radical (unpaired) electrons. The van der Waals surface area contributed by atoms with Crippen LogP contribution < -0.4 is 24.4 Å². The topological polar surface area (TPSA) is 103 Å². The second-order valence-corrected chi connectivity index (χ2v) is 8.68. The van der Waals surface area contributed by atoms with Gasteiger partial charge in [0.25, 0.3) is 5.91 Å². The Kier molecular flexibility index (Phi) is 6.50. The second kappa shape index (κ2) is 10.0. The molecule has 0 bridgehead atoms. The van der Waals surface area contributed by atoms with Gasteiger partial charge in [-0.3, -0.25) is 19.5 Å². The predicted octanol–water partition coefficient (Wildman–Crippen LogP) is 4.25. The number of fused-ring (bicyclic) bond motifs is 1. The second-order valence-electron chi connectivity index (χ2n) is 7.82. The van der Waals surface area contributed by atoms with E-state index in [0.717, 1.165) is 22.0 Å². The van der Waals surface area contributed by atoms with Crippen LogP contribution in [0.3, 0.4) is 0 Å². The highest BCUT2D eigenvalue weighted by Gasteiger charge is 2.28. The first-order valence-electron chi connectivity index (χ1n) is 11.0. The van der Waals surface area contributed by atoms with Crippen LogP contribution in [0.2, 0.25) is 0 Å². The van der Waals surface area contributed by atoms with Crippen LogP contribution in [0.25, 0.3) is 22.0 Å². The molecular formula is C26H22N4O5S. The van der Waals surface area contributed by atoms with Crippen molar-refractivity contribution in [2.75, 3.05) is 37.6 Å². The van der Waals surface area contributed by atoms with E-state index in [1.54, 1.807) is 37.6 Å². The summed E-state index contributed by atoms with van der Waals surface area (Å²) < 4.78 is 16.2. The van der Waals surface area contributed by atoms with E-state index in [9.17, 15) is 9.59 Å². The lowest BCUT2D eigenvalue weighted by Crippen LogP contribution is -2.43. The Hall–Kier alpha value is -4.44. The number of pyridine rings is 1. The number of rotatable bonds is 7. The molecule has 0 saturated heterocycles. The van der Waals surface area contributed by atoms with Gasteiger partial charge in [0.05, 0.1) is 37.0 Å². The molecule has 1 N–H and O–H groups in total. The van der Waals surface area contributed by atoms with Gasteiger partial charge in [0, 0.05) is 23.2 Å². The minimum atomic E-state index is -0.379.